The molecule has 0 aliphatic carbocycles. The molecule has 0 aliphatic rings. The van der Waals surface area contributed by atoms with Crippen LogP contribution >= 0.6 is 23.6 Å². The van der Waals surface area contributed by atoms with E-state index in [1.807, 2.05) is 30.3 Å². The molecule has 0 saturated carbocycles. The summed E-state index contributed by atoms with van der Waals surface area (Å²) in [7, 11) is 1.67. The Hall–Kier alpha value is -2.37. The van der Waals surface area contributed by atoms with Crippen molar-refractivity contribution >= 4 is 34.4 Å². The first kappa shape index (κ1) is 19.4. The van der Waals surface area contributed by atoms with E-state index in [-0.39, 0.29) is 6.04 Å². The minimum atomic E-state index is 0.280. The van der Waals surface area contributed by atoms with E-state index in [2.05, 4.69) is 58.9 Å². The van der Waals surface area contributed by atoms with Gasteiger partial charge in [-0.05, 0) is 60.4 Å². The summed E-state index contributed by atoms with van der Waals surface area (Å²) in [6.45, 7) is 3.00. The van der Waals surface area contributed by atoms with Gasteiger partial charge in [0.25, 0.3) is 0 Å². The Labute approximate surface area is 170 Å². The molecule has 0 aliphatic heterocycles. The first-order valence-corrected chi connectivity index (χ1v) is 10.2. The second kappa shape index (κ2) is 9.53. The minimum Gasteiger partial charge on any atom is -0.497 e. The molecular formula is C22H24N2OS2. The van der Waals surface area contributed by atoms with Gasteiger partial charge in [0.2, 0.25) is 0 Å². The highest BCUT2D eigenvalue weighted by molar-refractivity contribution is 7.80. The van der Waals surface area contributed by atoms with Gasteiger partial charge in [0.1, 0.15) is 5.75 Å². The molecule has 0 spiro atoms. The van der Waals surface area contributed by atoms with E-state index in [9.17, 15) is 0 Å². The number of ether oxygens (including phenoxy) is 1. The van der Waals surface area contributed by atoms with Gasteiger partial charge in [0.15, 0.2) is 5.11 Å². The number of hydrogen-bond acceptors (Lipinski definition) is 3. The van der Waals surface area contributed by atoms with Crippen LogP contribution in [-0.4, -0.2) is 23.2 Å². The SMILES string of the molecule is COc1ccc(NC(=S)N(Cc2ccccc2)[C@@H](C)Cc2cccs2)cc1. The first-order chi connectivity index (χ1) is 13.2. The zero-order chi connectivity index (χ0) is 19.1. The molecule has 27 heavy (non-hydrogen) atoms. The van der Waals surface area contributed by atoms with E-state index in [0.717, 1.165) is 29.5 Å². The molecule has 2 aromatic carbocycles. The van der Waals surface area contributed by atoms with Crippen molar-refractivity contribution in [2.45, 2.75) is 25.9 Å². The van der Waals surface area contributed by atoms with Crippen molar-refractivity contribution < 1.29 is 4.74 Å². The summed E-state index contributed by atoms with van der Waals surface area (Å²) in [4.78, 5) is 3.63. The lowest BCUT2D eigenvalue weighted by Crippen LogP contribution is -2.41. The fourth-order valence-corrected chi connectivity index (χ4v) is 4.10. The van der Waals surface area contributed by atoms with E-state index >= 15 is 0 Å². The number of nitrogens with zero attached hydrogens (tertiary/aromatic N) is 1. The third-order valence-electron chi connectivity index (χ3n) is 4.41. The number of hydrogen-bond donors (Lipinski definition) is 1. The van der Waals surface area contributed by atoms with Crippen LogP contribution in [-0.2, 0) is 13.0 Å². The van der Waals surface area contributed by atoms with Crippen molar-refractivity contribution in [3.05, 3.63) is 82.6 Å². The lowest BCUT2D eigenvalue weighted by atomic mass is 10.1. The highest BCUT2D eigenvalue weighted by Gasteiger charge is 2.18. The van der Waals surface area contributed by atoms with E-state index < -0.39 is 0 Å². The Morgan fingerprint density at radius 2 is 1.81 bits per heavy atom. The van der Waals surface area contributed by atoms with Crippen molar-refractivity contribution in [1.82, 2.24) is 4.90 Å². The molecular weight excluding hydrogens is 372 g/mol. The summed E-state index contributed by atoms with van der Waals surface area (Å²) in [5, 5.41) is 6.23. The number of rotatable bonds is 7. The van der Waals surface area contributed by atoms with Crippen LogP contribution in [0.3, 0.4) is 0 Å². The van der Waals surface area contributed by atoms with Crippen LogP contribution in [0, 0.1) is 0 Å². The Morgan fingerprint density at radius 3 is 2.44 bits per heavy atom. The van der Waals surface area contributed by atoms with Crippen LogP contribution < -0.4 is 10.1 Å². The Kier molecular flexibility index (Phi) is 6.85. The Morgan fingerprint density at radius 1 is 1.07 bits per heavy atom. The molecule has 1 atom stereocenters. The molecule has 0 fully saturated rings. The molecule has 1 aromatic heterocycles. The number of thiocarbonyl (C=S) groups is 1. The molecule has 5 heteroatoms. The van der Waals surface area contributed by atoms with Crippen LogP contribution in [0.1, 0.15) is 17.4 Å². The quantitative estimate of drug-likeness (QED) is 0.526. The number of benzene rings is 2. The van der Waals surface area contributed by atoms with Crippen molar-refractivity contribution in [2.75, 3.05) is 12.4 Å². The van der Waals surface area contributed by atoms with Gasteiger partial charge >= 0.3 is 0 Å². The van der Waals surface area contributed by atoms with Crippen LogP contribution in [0.5, 0.6) is 5.75 Å². The lowest BCUT2D eigenvalue weighted by Gasteiger charge is -2.32. The molecule has 0 unspecified atom stereocenters. The number of anilines is 1. The van der Waals surface area contributed by atoms with Crippen LogP contribution in [0.4, 0.5) is 5.69 Å². The Bertz CT molecular complexity index is 833. The van der Waals surface area contributed by atoms with Crippen LogP contribution in [0.25, 0.3) is 0 Å². The molecule has 140 valence electrons. The maximum Gasteiger partial charge on any atom is 0.173 e. The van der Waals surface area contributed by atoms with Crippen molar-refractivity contribution in [1.29, 1.82) is 0 Å². The largest absolute Gasteiger partial charge is 0.497 e. The lowest BCUT2D eigenvalue weighted by molar-refractivity contribution is 0.326. The summed E-state index contributed by atoms with van der Waals surface area (Å²) in [5.74, 6) is 0.832. The van der Waals surface area contributed by atoms with Gasteiger partial charge in [-0.2, -0.15) is 0 Å². The number of nitrogens with one attached hydrogen (secondary N) is 1. The van der Waals surface area contributed by atoms with Crippen molar-refractivity contribution in [3.63, 3.8) is 0 Å². The fourth-order valence-electron chi connectivity index (χ4n) is 2.91. The fraction of sp³-hybridized carbons (Fsp3) is 0.227. The van der Waals surface area contributed by atoms with Gasteiger partial charge in [-0.15, -0.1) is 11.3 Å². The zero-order valence-electron chi connectivity index (χ0n) is 15.6. The average Bonchev–Trinajstić information content (AvgIpc) is 3.20. The van der Waals surface area contributed by atoms with E-state index in [1.54, 1.807) is 18.4 Å². The maximum atomic E-state index is 5.78. The predicted octanol–water partition coefficient (Wildman–Crippen LogP) is 5.59. The number of methoxy groups -OCH3 is 1. The van der Waals surface area contributed by atoms with E-state index in [0.29, 0.717) is 0 Å². The van der Waals surface area contributed by atoms with Gasteiger partial charge in [0, 0.05) is 29.6 Å². The molecule has 1 N–H and O–H groups in total. The van der Waals surface area contributed by atoms with Gasteiger partial charge < -0.3 is 15.0 Å². The molecule has 3 nitrogen and oxygen atoms in total. The second-order valence-corrected chi connectivity index (χ2v) is 7.82. The Balaban J connectivity index is 1.75. The zero-order valence-corrected chi connectivity index (χ0v) is 17.2. The minimum absolute atomic E-state index is 0.280. The summed E-state index contributed by atoms with van der Waals surface area (Å²) < 4.78 is 5.23. The molecule has 1 heterocycles. The van der Waals surface area contributed by atoms with Gasteiger partial charge in [-0.3, -0.25) is 0 Å². The monoisotopic (exact) mass is 396 g/mol. The summed E-state index contributed by atoms with van der Waals surface area (Å²) in [6.07, 6.45) is 0.967. The molecule has 0 bridgehead atoms. The second-order valence-electron chi connectivity index (χ2n) is 6.40. The van der Waals surface area contributed by atoms with Gasteiger partial charge in [-0.25, -0.2) is 0 Å². The normalized spacial score (nSPS) is 11.6. The van der Waals surface area contributed by atoms with Gasteiger partial charge in [-0.1, -0.05) is 36.4 Å². The van der Waals surface area contributed by atoms with E-state index in [4.69, 9.17) is 17.0 Å². The van der Waals surface area contributed by atoms with Crippen molar-refractivity contribution in [2.24, 2.45) is 0 Å². The van der Waals surface area contributed by atoms with Gasteiger partial charge in [0.05, 0.1) is 7.11 Å². The molecule has 0 amide bonds. The topological polar surface area (TPSA) is 24.5 Å². The molecule has 0 radical (unpaired) electrons. The summed E-state index contributed by atoms with van der Waals surface area (Å²) in [6, 6.07) is 22.8. The smallest absolute Gasteiger partial charge is 0.173 e. The molecule has 3 aromatic rings. The first-order valence-electron chi connectivity index (χ1n) is 8.93. The number of thiophene rings is 1. The average molecular weight is 397 g/mol. The van der Waals surface area contributed by atoms with Crippen molar-refractivity contribution in [3.8, 4) is 5.75 Å². The third-order valence-corrected chi connectivity index (χ3v) is 5.64. The van der Waals surface area contributed by atoms with E-state index in [1.165, 1.54) is 10.4 Å². The third kappa shape index (κ3) is 5.55. The molecule has 0 saturated heterocycles. The highest BCUT2D eigenvalue weighted by Crippen LogP contribution is 2.20. The van der Waals surface area contributed by atoms with Crippen LogP contribution in [0.15, 0.2) is 72.1 Å². The van der Waals surface area contributed by atoms with Crippen LogP contribution in [0.2, 0.25) is 0 Å². The summed E-state index contributed by atoms with van der Waals surface area (Å²) in [5.41, 5.74) is 2.21. The highest BCUT2D eigenvalue weighted by atomic mass is 32.1. The maximum absolute atomic E-state index is 5.78. The molecule has 3 rings (SSSR count). The predicted molar refractivity (Wildman–Crippen MR) is 119 cm³/mol. The summed E-state index contributed by atoms with van der Waals surface area (Å²) >= 11 is 7.57. The standard InChI is InChI=1S/C22H24N2OS2/c1-17(15-21-9-6-14-27-21)24(16-18-7-4-3-5-8-18)22(26)23-19-10-12-20(25-2)13-11-19/h3-14,17H,15-16H2,1-2H3,(H,23,26)/t17-/m0/s1.